The van der Waals surface area contributed by atoms with Crippen molar-refractivity contribution in [2.24, 2.45) is 0 Å². The van der Waals surface area contributed by atoms with E-state index in [0.717, 1.165) is 27.8 Å². The van der Waals surface area contributed by atoms with E-state index in [2.05, 4.69) is 4.98 Å². The average Bonchev–Trinajstić information content (AvgIpc) is 3.95. The molecule has 0 saturated carbocycles. The Morgan fingerprint density at radius 1 is 0.362 bits per heavy atom. The maximum Gasteiger partial charge on any atom is 0.337 e. The first-order chi connectivity index (χ1) is 38.9. The van der Waals surface area contributed by atoms with Crippen LogP contribution in [-0.4, -0.2) is 62.4 Å². The van der Waals surface area contributed by atoms with Crippen molar-refractivity contribution < 1.29 is 76.1 Å². The summed E-state index contributed by atoms with van der Waals surface area (Å²) in [5.74, 6) is 1.22. The van der Waals surface area contributed by atoms with Crippen molar-refractivity contribution in [2.45, 2.75) is 39.6 Å². The molecule has 17 heteroatoms. The van der Waals surface area contributed by atoms with Crippen LogP contribution < -0.4 is 28.4 Å². The lowest BCUT2D eigenvalue weighted by Crippen LogP contribution is -2.03. The van der Waals surface area contributed by atoms with Gasteiger partial charge in [0.25, 0.3) is 0 Å². The molecule has 9 rings (SSSR count). The van der Waals surface area contributed by atoms with E-state index in [1.807, 2.05) is 24.3 Å². The molecule has 80 heavy (non-hydrogen) atoms. The Morgan fingerprint density at radius 3 is 1.01 bits per heavy atom. The van der Waals surface area contributed by atoms with Crippen LogP contribution in [0.3, 0.4) is 0 Å². The number of hydrogen-bond acceptors (Lipinski definition) is 17. The first-order valence-corrected chi connectivity index (χ1v) is 24.9. The lowest BCUT2D eigenvalue weighted by molar-refractivity contribution is 0.0592. The third-order valence-electron chi connectivity index (χ3n) is 12.4. The Bertz CT molecular complexity index is 3470. The molecule has 1 N–H and O–H groups in total. The van der Waals surface area contributed by atoms with Crippen molar-refractivity contribution in [1.82, 2.24) is 4.98 Å². The Labute approximate surface area is 459 Å². The molecule has 406 valence electrons. The number of esters is 4. The number of fused-ring (bicyclic) bond motifs is 1. The number of oxazole rings is 1. The third-order valence-corrected chi connectivity index (χ3v) is 12.4. The monoisotopic (exact) mass is 1080 g/mol. The van der Waals surface area contributed by atoms with E-state index in [-0.39, 0.29) is 51.3 Å². The number of ether oxygens (including phenoxy) is 10. The van der Waals surface area contributed by atoms with Crippen molar-refractivity contribution in [3.05, 3.63) is 225 Å². The van der Waals surface area contributed by atoms with Crippen LogP contribution in [0, 0.1) is 0 Å². The molecule has 0 spiro atoms. The second-order valence-electron chi connectivity index (χ2n) is 17.9. The molecular formula is C63H53NO16. The molecule has 0 bridgehead atoms. The van der Waals surface area contributed by atoms with E-state index in [1.165, 1.54) is 34.5 Å². The number of hydrogen-bond donors (Lipinski definition) is 1. The summed E-state index contributed by atoms with van der Waals surface area (Å²) in [5.41, 5.74) is 7.74. The SMILES string of the molecule is COC(=O)c1ccc(COc2cc(COc3ccc(-c4nc5cc(OCc6cc(OCc7ccc(C(=O)OC)cc7)cc(OCc7ccc(C(=O)OC)cc7)c6)ccc5o4)c(O)c3)cc(OCc3ccc(C(=O)OC)cc3)c2)cc1. The molecule has 0 amide bonds. The zero-order chi connectivity index (χ0) is 56.0. The second kappa shape index (κ2) is 25.7. The maximum absolute atomic E-state index is 12.0. The van der Waals surface area contributed by atoms with Gasteiger partial charge in [-0.2, -0.15) is 0 Å². The van der Waals surface area contributed by atoms with Crippen LogP contribution in [0.1, 0.15) is 74.8 Å². The van der Waals surface area contributed by atoms with Crippen molar-refractivity contribution in [2.75, 3.05) is 28.4 Å². The minimum absolute atomic E-state index is 0.0770. The van der Waals surface area contributed by atoms with Gasteiger partial charge < -0.3 is 56.9 Å². The molecule has 9 aromatic rings. The topological polar surface area (TPSA) is 207 Å². The van der Waals surface area contributed by atoms with Gasteiger partial charge in [0.2, 0.25) is 5.89 Å². The van der Waals surface area contributed by atoms with Crippen molar-refractivity contribution in [1.29, 1.82) is 0 Å². The molecule has 0 aliphatic carbocycles. The minimum atomic E-state index is -0.436. The van der Waals surface area contributed by atoms with Gasteiger partial charge in [-0.15, -0.1) is 0 Å². The van der Waals surface area contributed by atoms with E-state index in [9.17, 15) is 24.3 Å². The second-order valence-corrected chi connectivity index (χ2v) is 17.9. The standard InChI is InChI=1S/C63H53NO16/c1-70-60(66)45-13-5-39(6-14-45)33-76-51-25-43(26-52(29-51)77-34-40-7-15-46(16-8-40)61(67)71-2)37-74-49-22-24-58-56(31-49)64-59(80-58)55-23-21-50(32-57(55)65)75-38-44-27-53(78-35-41-9-17-47(18-10-41)62(68)72-3)30-54(28-44)79-36-42-11-19-48(20-12-42)63(69)73-4/h5-32,65H,33-38H2,1-4H3. The summed E-state index contributed by atoms with van der Waals surface area (Å²) in [4.78, 5) is 52.5. The number of carbonyl (C=O) groups excluding carboxylic acids is 4. The van der Waals surface area contributed by atoms with Crippen molar-refractivity contribution in [3.8, 4) is 51.7 Å². The largest absolute Gasteiger partial charge is 0.507 e. The number of nitrogens with zero attached hydrogens (tertiary/aromatic N) is 1. The first kappa shape index (κ1) is 54.5. The highest BCUT2D eigenvalue weighted by atomic mass is 16.5. The normalized spacial score (nSPS) is 10.8. The van der Waals surface area contributed by atoms with E-state index >= 15 is 0 Å². The number of methoxy groups -OCH3 is 4. The van der Waals surface area contributed by atoms with E-state index < -0.39 is 23.9 Å². The molecule has 0 atom stereocenters. The lowest BCUT2D eigenvalue weighted by atomic mass is 10.1. The van der Waals surface area contributed by atoms with Gasteiger partial charge >= 0.3 is 23.9 Å². The molecule has 0 fully saturated rings. The van der Waals surface area contributed by atoms with Crippen LogP contribution in [0.25, 0.3) is 22.6 Å². The number of phenols is 1. The molecule has 1 heterocycles. The third kappa shape index (κ3) is 14.2. The van der Waals surface area contributed by atoms with Crippen LogP contribution >= 0.6 is 0 Å². The van der Waals surface area contributed by atoms with Gasteiger partial charge in [0.05, 0.1) is 56.3 Å². The van der Waals surface area contributed by atoms with E-state index in [1.54, 1.807) is 140 Å². The van der Waals surface area contributed by atoms with Crippen LogP contribution in [0.2, 0.25) is 0 Å². The van der Waals surface area contributed by atoms with Crippen molar-refractivity contribution in [3.63, 3.8) is 0 Å². The maximum atomic E-state index is 12.0. The van der Waals surface area contributed by atoms with Gasteiger partial charge in [-0.1, -0.05) is 48.5 Å². The Morgan fingerprint density at radius 2 is 0.675 bits per heavy atom. The molecule has 0 aliphatic rings. The zero-order valence-electron chi connectivity index (χ0n) is 43.9. The molecule has 17 nitrogen and oxygen atoms in total. The molecule has 0 unspecified atom stereocenters. The fourth-order valence-corrected chi connectivity index (χ4v) is 8.08. The fraction of sp³-hybridized carbons (Fsp3) is 0.159. The zero-order valence-corrected chi connectivity index (χ0v) is 43.9. The van der Waals surface area contributed by atoms with Crippen LogP contribution in [-0.2, 0) is 58.6 Å². The van der Waals surface area contributed by atoms with Gasteiger partial charge in [0, 0.05) is 24.3 Å². The van der Waals surface area contributed by atoms with E-state index in [0.29, 0.717) is 79.0 Å². The van der Waals surface area contributed by atoms with Gasteiger partial charge in [-0.05, 0) is 130 Å². The highest BCUT2D eigenvalue weighted by molar-refractivity contribution is 5.91. The summed E-state index contributed by atoms with van der Waals surface area (Å²) in [6.45, 7) is 1.01. The number of rotatable bonds is 23. The Hall–Kier alpha value is -10.3. The number of carbonyl (C=O) groups is 4. The van der Waals surface area contributed by atoms with Gasteiger partial charge in [0.15, 0.2) is 5.58 Å². The van der Waals surface area contributed by atoms with Crippen LogP contribution in [0.5, 0.6) is 40.2 Å². The molecule has 8 aromatic carbocycles. The molecule has 1 aromatic heterocycles. The van der Waals surface area contributed by atoms with Gasteiger partial charge in [0.1, 0.15) is 85.4 Å². The number of aromatic hydroxyl groups is 1. The minimum Gasteiger partial charge on any atom is -0.507 e. The fourth-order valence-electron chi connectivity index (χ4n) is 8.08. The predicted octanol–water partition coefficient (Wildman–Crippen LogP) is 11.8. The summed E-state index contributed by atoms with van der Waals surface area (Å²) in [6.07, 6.45) is 0. The highest BCUT2D eigenvalue weighted by Crippen LogP contribution is 2.36. The van der Waals surface area contributed by atoms with Gasteiger partial charge in [-0.3, -0.25) is 0 Å². The van der Waals surface area contributed by atoms with Crippen LogP contribution in [0.15, 0.2) is 174 Å². The summed E-state index contributed by atoms with van der Waals surface area (Å²) in [6, 6.07) is 48.6. The van der Waals surface area contributed by atoms with Crippen LogP contribution in [0.4, 0.5) is 0 Å². The number of phenolic OH excluding ortho intramolecular Hbond substituents is 1. The average molecular weight is 1080 g/mol. The number of benzene rings is 8. The summed E-state index contributed by atoms with van der Waals surface area (Å²) < 4.78 is 62.6. The summed E-state index contributed by atoms with van der Waals surface area (Å²) in [7, 11) is 5.32. The molecular weight excluding hydrogens is 1030 g/mol. The van der Waals surface area contributed by atoms with Crippen molar-refractivity contribution >= 4 is 35.0 Å². The number of aromatic nitrogens is 1. The predicted molar refractivity (Wildman–Crippen MR) is 291 cm³/mol. The summed E-state index contributed by atoms with van der Waals surface area (Å²) >= 11 is 0. The molecule has 0 saturated heterocycles. The lowest BCUT2D eigenvalue weighted by Gasteiger charge is -2.14. The quantitative estimate of drug-likeness (QED) is 0.0467. The van der Waals surface area contributed by atoms with Gasteiger partial charge in [-0.25, -0.2) is 24.2 Å². The first-order valence-electron chi connectivity index (χ1n) is 24.9. The van der Waals surface area contributed by atoms with E-state index in [4.69, 9.17) is 51.8 Å². The highest BCUT2D eigenvalue weighted by Gasteiger charge is 2.17. The molecule has 0 aliphatic heterocycles. The Kier molecular flexibility index (Phi) is 17.5. The smallest absolute Gasteiger partial charge is 0.337 e. The summed E-state index contributed by atoms with van der Waals surface area (Å²) in [5, 5.41) is 11.3. The molecule has 0 radical (unpaired) electrons. The Balaban J connectivity index is 0.861.